The molecule has 1 fully saturated rings. The third kappa shape index (κ3) is 6.07. The number of hydrogen-bond donors (Lipinski definition) is 1. The summed E-state index contributed by atoms with van der Waals surface area (Å²) in [5.74, 6) is 0. The Morgan fingerprint density at radius 2 is 2.05 bits per heavy atom. The molecule has 0 bridgehead atoms. The van der Waals surface area contributed by atoms with Crippen LogP contribution in [0.1, 0.15) is 39.0 Å². The van der Waals surface area contributed by atoms with Crippen molar-refractivity contribution in [3.8, 4) is 0 Å². The Hall–Kier alpha value is -0.380. The van der Waals surface area contributed by atoms with Crippen LogP contribution in [-0.2, 0) is 0 Å². The minimum Gasteiger partial charge on any atom is -0.313 e. The number of nitrogens with zero attached hydrogens (tertiary/aromatic N) is 2. The van der Waals surface area contributed by atoms with Crippen molar-refractivity contribution in [1.29, 1.82) is 0 Å². The van der Waals surface area contributed by atoms with Gasteiger partial charge in [0.2, 0.25) is 0 Å². The lowest BCUT2D eigenvalue weighted by Crippen LogP contribution is -2.58. The van der Waals surface area contributed by atoms with E-state index >= 15 is 0 Å². The van der Waals surface area contributed by atoms with Crippen LogP contribution < -0.4 is 5.32 Å². The molecule has 1 rings (SSSR count). The Kier molecular flexibility index (Phi) is 8.35. The zero-order valence-electron chi connectivity index (χ0n) is 13.2. The number of rotatable bonds is 9. The second-order valence-electron chi connectivity index (χ2n) is 5.90. The number of unbranched alkanes of at least 4 members (excludes halogenated alkanes) is 3. The second kappa shape index (κ2) is 9.51. The number of allylic oxidation sites excluding steroid dienone is 1. The Balaban J connectivity index is 2.38. The lowest BCUT2D eigenvalue weighted by atomic mass is 9.97. The van der Waals surface area contributed by atoms with Crippen LogP contribution in [0.4, 0.5) is 0 Å². The Bertz CT molecular complexity index is 242. The fraction of sp³-hybridized carbons (Fsp3) is 0.875. The highest BCUT2D eigenvalue weighted by molar-refractivity contribution is 4.88. The van der Waals surface area contributed by atoms with Crippen molar-refractivity contribution in [1.82, 2.24) is 15.1 Å². The van der Waals surface area contributed by atoms with Gasteiger partial charge in [0, 0.05) is 31.7 Å². The van der Waals surface area contributed by atoms with Gasteiger partial charge >= 0.3 is 0 Å². The van der Waals surface area contributed by atoms with Crippen LogP contribution in [0, 0.1) is 0 Å². The zero-order valence-corrected chi connectivity index (χ0v) is 13.2. The first-order valence-electron chi connectivity index (χ1n) is 7.92. The van der Waals surface area contributed by atoms with Crippen molar-refractivity contribution < 1.29 is 0 Å². The smallest absolute Gasteiger partial charge is 0.0373 e. The average molecular weight is 267 g/mol. The summed E-state index contributed by atoms with van der Waals surface area (Å²) in [6.45, 7) is 10.7. The van der Waals surface area contributed by atoms with Gasteiger partial charge in [0.15, 0.2) is 0 Å². The summed E-state index contributed by atoms with van der Waals surface area (Å²) in [6.07, 6.45) is 8.46. The molecule has 0 aromatic carbocycles. The highest BCUT2D eigenvalue weighted by Crippen LogP contribution is 2.15. The predicted octanol–water partition coefficient (Wildman–Crippen LogP) is 2.35. The number of likely N-dealkylation sites (N-methyl/N-ethyl adjacent to an activating group) is 3. The first kappa shape index (κ1) is 16.7. The second-order valence-corrected chi connectivity index (χ2v) is 5.90. The molecule has 2 unspecified atom stereocenters. The highest BCUT2D eigenvalue weighted by Gasteiger charge is 2.28. The summed E-state index contributed by atoms with van der Waals surface area (Å²) in [5.41, 5.74) is 0. The van der Waals surface area contributed by atoms with Crippen LogP contribution >= 0.6 is 0 Å². The van der Waals surface area contributed by atoms with Gasteiger partial charge in [-0.2, -0.15) is 0 Å². The number of nitrogens with one attached hydrogen (secondary N) is 1. The highest BCUT2D eigenvalue weighted by atomic mass is 15.3. The fourth-order valence-corrected chi connectivity index (χ4v) is 3.00. The summed E-state index contributed by atoms with van der Waals surface area (Å²) in [5, 5.41) is 3.71. The number of piperazine rings is 1. The summed E-state index contributed by atoms with van der Waals surface area (Å²) in [6, 6.07) is 1.31. The van der Waals surface area contributed by atoms with Crippen LogP contribution in [0.15, 0.2) is 12.7 Å². The molecule has 1 saturated heterocycles. The van der Waals surface area contributed by atoms with Crippen molar-refractivity contribution in [3.05, 3.63) is 12.7 Å². The van der Waals surface area contributed by atoms with Crippen LogP contribution in [0.5, 0.6) is 0 Å². The molecular formula is C16H33N3. The van der Waals surface area contributed by atoms with E-state index in [2.05, 4.69) is 42.7 Å². The van der Waals surface area contributed by atoms with E-state index in [1.165, 1.54) is 45.3 Å². The van der Waals surface area contributed by atoms with E-state index in [1.807, 2.05) is 6.08 Å². The SMILES string of the molecule is C=CCCCCCC(NCC)C1CN(C)CCN1C. The molecule has 3 heteroatoms. The van der Waals surface area contributed by atoms with Crippen molar-refractivity contribution in [2.24, 2.45) is 0 Å². The molecule has 0 aromatic rings. The number of hydrogen-bond acceptors (Lipinski definition) is 3. The lowest BCUT2D eigenvalue weighted by molar-refractivity contribution is 0.0849. The van der Waals surface area contributed by atoms with E-state index in [4.69, 9.17) is 0 Å². The molecule has 0 amide bonds. The molecule has 0 spiro atoms. The molecule has 1 aliphatic heterocycles. The van der Waals surface area contributed by atoms with Gasteiger partial charge < -0.3 is 10.2 Å². The molecule has 1 N–H and O–H groups in total. The minimum atomic E-state index is 0.640. The molecule has 2 atom stereocenters. The maximum atomic E-state index is 3.79. The van der Waals surface area contributed by atoms with Crippen LogP contribution in [0.3, 0.4) is 0 Å². The molecule has 0 aromatic heterocycles. The third-order valence-electron chi connectivity index (χ3n) is 4.25. The van der Waals surface area contributed by atoms with Crippen molar-refractivity contribution in [3.63, 3.8) is 0 Å². The molecule has 112 valence electrons. The molecule has 3 nitrogen and oxygen atoms in total. The van der Waals surface area contributed by atoms with Gasteiger partial charge in [0.05, 0.1) is 0 Å². The average Bonchev–Trinajstić information content (AvgIpc) is 2.40. The van der Waals surface area contributed by atoms with Gasteiger partial charge in [-0.3, -0.25) is 4.90 Å². The topological polar surface area (TPSA) is 18.5 Å². The molecule has 1 heterocycles. The van der Waals surface area contributed by atoms with Gasteiger partial charge in [-0.25, -0.2) is 0 Å². The van der Waals surface area contributed by atoms with E-state index in [-0.39, 0.29) is 0 Å². The Morgan fingerprint density at radius 1 is 1.26 bits per heavy atom. The fourth-order valence-electron chi connectivity index (χ4n) is 3.00. The quantitative estimate of drug-likeness (QED) is 0.511. The van der Waals surface area contributed by atoms with Crippen molar-refractivity contribution >= 4 is 0 Å². The van der Waals surface area contributed by atoms with E-state index in [0.717, 1.165) is 13.0 Å². The van der Waals surface area contributed by atoms with E-state index < -0.39 is 0 Å². The van der Waals surface area contributed by atoms with Crippen molar-refractivity contribution in [2.45, 2.75) is 51.1 Å². The first-order valence-corrected chi connectivity index (χ1v) is 7.92. The summed E-state index contributed by atoms with van der Waals surface area (Å²) in [7, 11) is 4.52. The molecule has 0 radical (unpaired) electrons. The predicted molar refractivity (Wildman–Crippen MR) is 84.7 cm³/mol. The van der Waals surface area contributed by atoms with Gasteiger partial charge in [-0.1, -0.05) is 25.8 Å². The van der Waals surface area contributed by atoms with Crippen LogP contribution in [0.25, 0.3) is 0 Å². The summed E-state index contributed by atoms with van der Waals surface area (Å²) < 4.78 is 0. The first-order chi connectivity index (χ1) is 9.19. The Morgan fingerprint density at radius 3 is 2.74 bits per heavy atom. The molecular weight excluding hydrogens is 234 g/mol. The monoisotopic (exact) mass is 267 g/mol. The maximum absolute atomic E-state index is 3.79. The van der Waals surface area contributed by atoms with Crippen LogP contribution in [0.2, 0.25) is 0 Å². The lowest BCUT2D eigenvalue weighted by Gasteiger charge is -2.42. The molecule has 0 aliphatic carbocycles. The normalized spacial score (nSPS) is 23.4. The van der Waals surface area contributed by atoms with Gasteiger partial charge in [0.1, 0.15) is 0 Å². The standard InChI is InChI=1S/C16H33N3/c1-5-7-8-9-10-11-15(17-6-2)16-14-18(3)12-13-19(16)4/h5,15-17H,1,6-14H2,2-4H3. The van der Waals surface area contributed by atoms with Gasteiger partial charge in [0.25, 0.3) is 0 Å². The molecule has 19 heavy (non-hydrogen) atoms. The van der Waals surface area contributed by atoms with E-state index in [9.17, 15) is 0 Å². The van der Waals surface area contributed by atoms with Crippen molar-refractivity contribution in [2.75, 3.05) is 40.3 Å². The largest absolute Gasteiger partial charge is 0.313 e. The maximum Gasteiger partial charge on any atom is 0.0373 e. The van der Waals surface area contributed by atoms with Gasteiger partial charge in [-0.05, 0) is 39.9 Å². The minimum absolute atomic E-state index is 0.640. The summed E-state index contributed by atoms with van der Waals surface area (Å²) in [4.78, 5) is 5.00. The van der Waals surface area contributed by atoms with Gasteiger partial charge in [-0.15, -0.1) is 6.58 Å². The van der Waals surface area contributed by atoms with E-state index in [1.54, 1.807) is 0 Å². The zero-order chi connectivity index (χ0) is 14.1. The summed E-state index contributed by atoms with van der Waals surface area (Å²) >= 11 is 0. The van der Waals surface area contributed by atoms with Crippen LogP contribution in [-0.4, -0.2) is 62.2 Å². The molecule has 1 aliphatic rings. The molecule has 0 saturated carbocycles. The van der Waals surface area contributed by atoms with E-state index in [0.29, 0.717) is 12.1 Å². The Labute approximate surface area is 120 Å². The third-order valence-corrected chi connectivity index (χ3v) is 4.25.